The molecule has 2 heteroatoms. The largest absolute Gasteiger partial charge is 0.386 e. The van der Waals surface area contributed by atoms with Crippen LogP contribution in [0.4, 0.5) is 4.39 Å². The molecule has 0 saturated carbocycles. The molecule has 0 amide bonds. The second-order valence-corrected chi connectivity index (χ2v) is 5.64. The topological polar surface area (TPSA) is 12.0 Å². The number of hydrogen-bond acceptors (Lipinski definition) is 1. The van der Waals surface area contributed by atoms with E-state index in [-0.39, 0.29) is 5.82 Å². The fraction of sp³-hybridized carbons (Fsp3) is 0.100. The van der Waals surface area contributed by atoms with Gasteiger partial charge in [0.25, 0.3) is 0 Å². The van der Waals surface area contributed by atoms with Crippen LogP contribution in [0.3, 0.4) is 0 Å². The fourth-order valence-corrected chi connectivity index (χ4v) is 3.09. The summed E-state index contributed by atoms with van der Waals surface area (Å²) in [5, 5.41) is 8.23. The number of rotatable bonds is 0. The number of fused-ring (bicyclic) bond motifs is 4. The Morgan fingerprint density at radius 2 is 1.82 bits per heavy atom. The molecule has 1 aliphatic heterocycles. The first-order chi connectivity index (χ1) is 10.8. The van der Waals surface area contributed by atoms with E-state index in [2.05, 4.69) is 47.8 Å². The van der Waals surface area contributed by atoms with Crippen LogP contribution >= 0.6 is 0 Å². The minimum Gasteiger partial charge on any atom is -0.386 e. The van der Waals surface area contributed by atoms with Gasteiger partial charge < -0.3 is 5.32 Å². The van der Waals surface area contributed by atoms with Gasteiger partial charge in [-0.1, -0.05) is 48.5 Å². The summed E-state index contributed by atoms with van der Waals surface area (Å²) in [5.74, 6) is -0.178. The van der Waals surface area contributed by atoms with Crippen LogP contribution in [-0.4, -0.2) is 0 Å². The molecule has 0 aliphatic carbocycles. The molecule has 0 fully saturated rings. The van der Waals surface area contributed by atoms with Gasteiger partial charge in [-0.2, -0.15) is 0 Å². The Labute approximate surface area is 128 Å². The second kappa shape index (κ2) is 5.30. The third kappa shape index (κ3) is 2.27. The molecule has 1 aliphatic rings. The first-order valence-corrected chi connectivity index (χ1v) is 7.50. The van der Waals surface area contributed by atoms with Crippen LogP contribution in [0.2, 0.25) is 0 Å². The smallest absolute Gasteiger partial charge is 0.123 e. The van der Waals surface area contributed by atoms with Crippen LogP contribution in [0.1, 0.15) is 11.1 Å². The zero-order chi connectivity index (χ0) is 14.9. The normalized spacial score (nSPS) is 16.6. The molecule has 4 rings (SSSR count). The Kier molecular flexibility index (Phi) is 3.15. The molecular formula is C20H16FN. The number of nitrogens with one attached hydrogen (secondary N) is 1. The lowest BCUT2D eigenvalue weighted by molar-refractivity contribution is 0.623. The van der Waals surface area contributed by atoms with Crippen LogP contribution in [0, 0.1) is 5.82 Å². The molecule has 1 nitrogen and oxygen atoms in total. The van der Waals surface area contributed by atoms with Crippen molar-refractivity contribution in [1.29, 1.82) is 0 Å². The molecule has 0 radical (unpaired) electrons. The number of benzene rings is 3. The van der Waals surface area contributed by atoms with Crippen molar-refractivity contribution in [3.63, 3.8) is 0 Å². The molecule has 3 aromatic carbocycles. The van der Waals surface area contributed by atoms with Crippen molar-refractivity contribution in [1.82, 2.24) is 5.32 Å². The van der Waals surface area contributed by atoms with Gasteiger partial charge in [0.2, 0.25) is 0 Å². The van der Waals surface area contributed by atoms with Crippen molar-refractivity contribution in [2.45, 2.75) is 13.0 Å². The SMILES string of the molecule is Fc1ccc2c(c1)CN/C=c1\c(ccc3ccccc13)=C/C2. The highest BCUT2D eigenvalue weighted by atomic mass is 19.1. The molecule has 22 heavy (non-hydrogen) atoms. The zero-order valence-corrected chi connectivity index (χ0v) is 12.1. The van der Waals surface area contributed by atoms with Gasteiger partial charge in [0, 0.05) is 18.0 Å². The summed E-state index contributed by atoms with van der Waals surface area (Å²) in [6.45, 7) is 0.642. The molecule has 0 spiro atoms. The molecule has 0 bridgehead atoms. The standard InChI is InChI=1S/C20H16FN/c21-18-10-9-14-5-6-16-8-7-15-3-1-2-4-19(15)20(16)13-22-12-17(14)11-18/h1-4,6-11,13,22H,5,12H2/b16-6-,20-13+. The minimum absolute atomic E-state index is 0.178. The molecule has 108 valence electrons. The number of halogens is 1. The van der Waals surface area contributed by atoms with Gasteiger partial charge >= 0.3 is 0 Å². The van der Waals surface area contributed by atoms with Gasteiger partial charge in [0.15, 0.2) is 0 Å². The average Bonchev–Trinajstić information content (AvgIpc) is 2.63. The lowest BCUT2D eigenvalue weighted by Crippen LogP contribution is -2.27. The Hall–Kier alpha value is -2.61. The van der Waals surface area contributed by atoms with E-state index in [9.17, 15) is 4.39 Å². The van der Waals surface area contributed by atoms with Crippen molar-refractivity contribution in [2.24, 2.45) is 0 Å². The van der Waals surface area contributed by atoms with Crippen LogP contribution in [0.15, 0.2) is 54.6 Å². The van der Waals surface area contributed by atoms with Gasteiger partial charge in [-0.05, 0) is 45.7 Å². The summed E-state index contributed by atoms with van der Waals surface area (Å²) in [7, 11) is 0. The molecule has 0 unspecified atom stereocenters. The van der Waals surface area contributed by atoms with Crippen molar-refractivity contribution in [3.05, 3.63) is 82.0 Å². The third-order valence-corrected chi connectivity index (χ3v) is 4.25. The molecule has 0 atom stereocenters. The first kappa shape index (κ1) is 13.1. The quantitative estimate of drug-likeness (QED) is 0.671. The highest BCUT2D eigenvalue weighted by Crippen LogP contribution is 2.13. The maximum atomic E-state index is 13.5. The maximum Gasteiger partial charge on any atom is 0.123 e. The van der Waals surface area contributed by atoms with Crippen molar-refractivity contribution < 1.29 is 4.39 Å². The van der Waals surface area contributed by atoms with E-state index in [1.54, 1.807) is 6.07 Å². The summed E-state index contributed by atoms with van der Waals surface area (Å²) in [6, 6.07) is 17.7. The first-order valence-electron chi connectivity index (χ1n) is 7.50. The summed E-state index contributed by atoms with van der Waals surface area (Å²) >= 11 is 0. The van der Waals surface area contributed by atoms with Gasteiger partial charge in [-0.15, -0.1) is 0 Å². The lowest BCUT2D eigenvalue weighted by Gasteiger charge is -2.07. The van der Waals surface area contributed by atoms with Gasteiger partial charge in [0.05, 0.1) is 0 Å². The van der Waals surface area contributed by atoms with Crippen molar-refractivity contribution >= 4 is 23.0 Å². The van der Waals surface area contributed by atoms with Gasteiger partial charge in [-0.25, -0.2) is 4.39 Å². The highest BCUT2D eigenvalue weighted by molar-refractivity contribution is 5.83. The second-order valence-electron chi connectivity index (χ2n) is 5.64. The third-order valence-electron chi connectivity index (χ3n) is 4.25. The molecule has 0 aromatic heterocycles. The highest BCUT2D eigenvalue weighted by Gasteiger charge is 2.05. The van der Waals surface area contributed by atoms with Gasteiger partial charge in [-0.3, -0.25) is 0 Å². The van der Waals surface area contributed by atoms with Crippen molar-refractivity contribution in [2.75, 3.05) is 0 Å². The Balaban J connectivity index is 1.94. The van der Waals surface area contributed by atoms with E-state index in [1.165, 1.54) is 32.8 Å². The van der Waals surface area contributed by atoms with Crippen LogP contribution in [-0.2, 0) is 13.0 Å². The molecule has 1 N–H and O–H groups in total. The van der Waals surface area contributed by atoms with Crippen molar-refractivity contribution in [3.8, 4) is 0 Å². The Bertz CT molecular complexity index is 973. The lowest BCUT2D eigenvalue weighted by atomic mass is 10.0. The monoisotopic (exact) mass is 289 g/mol. The van der Waals surface area contributed by atoms with E-state index in [0.29, 0.717) is 6.54 Å². The van der Waals surface area contributed by atoms with Crippen LogP contribution < -0.4 is 15.8 Å². The molecular weight excluding hydrogens is 273 g/mol. The predicted octanol–water partition coefficient (Wildman–Crippen LogP) is 2.84. The molecule has 3 aromatic rings. The van der Waals surface area contributed by atoms with E-state index in [1.807, 2.05) is 12.3 Å². The minimum atomic E-state index is -0.178. The molecule has 0 saturated heterocycles. The van der Waals surface area contributed by atoms with E-state index >= 15 is 0 Å². The van der Waals surface area contributed by atoms with E-state index in [4.69, 9.17) is 0 Å². The number of hydrogen-bond donors (Lipinski definition) is 1. The van der Waals surface area contributed by atoms with Crippen LogP contribution in [0.25, 0.3) is 23.0 Å². The van der Waals surface area contributed by atoms with E-state index < -0.39 is 0 Å². The Morgan fingerprint density at radius 3 is 2.77 bits per heavy atom. The van der Waals surface area contributed by atoms with Crippen LogP contribution in [0.5, 0.6) is 0 Å². The summed E-state index contributed by atoms with van der Waals surface area (Å²) in [5.41, 5.74) is 2.19. The summed E-state index contributed by atoms with van der Waals surface area (Å²) in [4.78, 5) is 0. The Morgan fingerprint density at radius 1 is 0.909 bits per heavy atom. The van der Waals surface area contributed by atoms with Gasteiger partial charge in [0.1, 0.15) is 5.82 Å². The summed E-state index contributed by atoms with van der Waals surface area (Å²) in [6.07, 6.45) is 5.09. The molecule has 1 heterocycles. The van der Waals surface area contributed by atoms with E-state index in [0.717, 1.165) is 12.0 Å². The zero-order valence-electron chi connectivity index (χ0n) is 12.1. The summed E-state index contributed by atoms with van der Waals surface area (Å²) < 4.78 is 13.5. The fourth-order valence-electron chi connectivity index (χ4n) is 3.09. The predicted molar refractivity (Wildman–Crippen MR) is 89.1 cm³/mol. The maximum absolute atomic E-state index is 13.5. The average molecular weight is 289 g/mol.